The van der Waals surface area contributed by atoms with Gasteiger partial charge in [-0.1, -0.05) is 6.42 Å². The molecule has 0 aromatic carbocycles. The number of aromatic nitrogens is 5. The minimum absolute atomic E-state index is 0.0574. The van der Waals surface area contributed by atoms with Crippen LogP contribution in [-0.4, -0.2) is 39.6 Å². The van der Waals surface area contributed by atoms with Gasteiger partial charge in [0.05, 0.1) is 22.7 Å². The Morgan fingerprint density at radius 2 is 2.11 bits per heavy atom. The number of nitrogens with zero attached hydrogens (tertiary/aromatic N) is 4. The molecular formula is C19H22N6OS. The molecule has 0 amide bonds. The third kappa shape index (κ3) is 1.57. The predicted molar refractivity (Wildman–Crippen MR) is 101 cm³/mol. The van der Waals surface area contributed by atoms with Crippen molar-refractivity contribution in [2.24, 2.45) is 5.41 Å². The zero-order chi connectivity index (χ0) is 17.9. The van der Waals surface area contributed by atoms with Gasteiger partial charge in [0.25, 0.3) is 0 Å². The Hall–Kier alpha value is -1.80. The number of hydrogen-bond donors (Lipinski definition) is 2. The molecule has 1 spiro atoms. The van der Waals surface area contributed by atoms with E-state index in [4.69, 9.17) is 0 Å². The molecule has 7 rings (SSSR count). The summed E-state index contributed by atoms with van der Waals surface area (Å²) in [5.41, 5.74) is 3.08. The van der Waals surface area contributed by atoms with Gasteiger partial charge in [0, 0.05) is 27.8 Å². The van der Waals surface area contributed by atoms with Crippen LogP contribution in [0.25, 0.3) is 16.8 Å². The van der Waals surface area contributed by atoms with Crippen molar-refractivity contribution < 1.29 is 4.21 Å². The highest BCUT2D eigenvalue weighted by atomic mass is 32.2. The van der Waals surface area contributed by atoms with Gasteiger partial charge in [0.1, 0.15) is 5.82 Å². The number of fused-ring (bicyclic) bond motifs is 3. The van der Waals surface area contributed by atoms with Gasteiger partial charge < -0.3 is 4.98 Å². The van der Waals surface area contributed by atoms with Gasteiger partial charge >= 0.3 is 0 Å². The molecule has 4 saturated carbocycles. The largest absolute Gasteiger partial charge is 0.345 e. The molecule has 8 heteroatoms. The molecule has 4 fully saturated rings. The van der Waals surface area contributed by atoms with E-state index >= 15 is 0 Å². The normalized spacial score (nSPS) is 38.4. The van der Waals surface area contributed by atoms with Crippen LogP contribution in [0.1, 0.15) is 57.2 Å². The first-order valence-electron chi connectivity index (χ1n) is 10.0. The molecule has 0 aliphatic heterocycles. The average molecular weight is 382 g/mol. The topological polar surface area (TPSA) is 88.0 Å². The average Bonchev–Trinajstić information content (AvgIpc) is 2.89. The maximum atomic E-state index is 12.8. The first-order valence-corrected chi connectivity index (χ1v) is 11.3. The van der Waals surface area contributed by atoms with Gasteiger partial charge in [0.15, 0.2) is 11.3 Å². The fourth-order valence-electron chi connectivity index (χ4n) is 6.44. The summed E-state index contributed by atoms with van der Waals surface area (Å²) < 4.78 is 18.6. The number of rotatable bonds is 4. The van der Waals surface area contributed by atoms with Gasteiger partial charge in [-0.2, -0.15) is 0 Å². The quantitative estimate of drug-likeness (QED) is 0.725. The smallest absolute Gasteiger partial charge is 0.179 e. The molecule has 7 nitrogen and oxygen atoms in total. The second kappa shape index (κ2) is 4.60. The van der Waals surface area contributed by atoms with E-state index in [9.17, 15) is 4.21 Å². The van der Waals surface area contributed by atoms with Crippen molar-refractivity contribution in [1.29, 1.82) is 0 Å². The van der Waals surface area contributed by atoms with Crippen molar-refractivity contribution in [3.63, 3.8) is 0 Å². The summed E-state index contributed by atoms with van der Waals surface area (Å²) in [7, 11) is -0.888. The lowest BCUT2D eigenvalue weighted by atomic mass is 9.57. The van der Waals surface area contributed by atoms with Crippen molar-refractivity contribution in [2.75, 3.05) is 0 Å². The second-order valence-electron chi connectivity index (χ2n) is 9.06. The number of H-pyrrole nitrogens is 1. The van der Waals surface area contributed by atoms with Crippen LogP contribution in [0.15, 0.2) is 18.5 Å². The summed E-state index contributed by atoms with van der Waals surface area (Å²) in [6.07, 6.45) is 12.9. The van der Waals surface area contributed by atoms with Gasteiger partial charge in [-0.25, -0.2) is 13.9 Å². The molecule has 3 aromatic heterocycles. The number of aromatic amines is 1. The molecular weight excluding hydrogens is 360 g/mol. The van der Waals surface area contributed by atoms with Crippen molar-refractivity contribution in [1.82, 2.24) is 29.3 Å². The fraction of sp³-hybridized carbons (Fsp3) is 0.632. The lowest BCUT2D eigenvalue weighted by molar-refractivity contribution is 0.0935. The summed E-state index contributed by atoms with van der Waals surface area (Å²) in [5.74, 6) is 1.09. The molecule has 4 aliphatic carbocycles. The molecule has 3 aromatic rings. The Morgan fingerprint density at radius 1 is 1.22 bits per heavy atom. The second-order valence-corrected chi connectivity index (χ2v) is 10.5. The van der Waals surface area contributed by atoms with E-state index < -0.39 is 11.0 Å². The van der Waals surface area contributed by atoms with E-state index in [1.807, 2.05) is 6.20 Å². The molecule has 4 aliphatic rings. The highest BCUT2D eigenvalue weighted by Gasteiger charge is 2.85. The minimum Gasteiger partial charge on any atom is -0.345 e. The summed E-state index contributed by atoms with van der Waals surface area (Å²) in [5, 5.41) is 9.49. The van der Waals surface area contributed by atoms with Crippen molar-refractivity contribution in [2.45, 2.75) is 67.6 Å². The molecule has 4 atom stereocenters. The van der Waals surface area contributed by atoms with E-state index in [0.717, 1.165) is 61.2 Å². The summed E-state index contributed by atoms with van der Waals surface area (Å²) in [6, 6.07) is 2.06. The molecule has 140 valence electrons. The number of hydrogen-bond acceptors (Lipinski definition) is 4. The first kappa shape index (κ1) is 15.2. The third-order valence-electron chi connectivity index (χ3n) is 8.29. The van der Waals surface area contributed by atoms with Crippen LogP contribution < -0.4 is 4.72 Å². The van der Waals surface area contributed by atoms with Gasteiger partial charge in [-0.15, -0.1) is 10.2 Å². The van der Waals surface area contributed by atoms with E-state index in [1.165, 1.54) is 12.8 Å². The Bertz CT molecular complexity index is 1130. The van der Waals surface area contributed by atoms with E-state index in [2.05, 4.69) is 35.4 Å². The van der Waals surface area contributed by atoms with E-state index in [-0.39, 0.29) is 16.4 Å². The Morgan fingerprint density at radius 3 is 2.89 bits per heavy atom. The molecule has 0 saturated heterocycles. The van der Waals surface area contributed by atoms with Crippen LogP contribution in [0.4, 0.5) is 0 Å². The van der Waals surface area contributed by atoms with Gasteiger partial charge in [-0.3, -0.25) is 4.40 Å². The van der Waals surface area contributed by atoms with Crippen LogP contribution in [0.2, 0.25) is 0 Å². The highest BCUT2D eigenvalue weighted by Crippen LogP contribution is 2.83. The Labute approximate surface area is 158 Å². The fourth-order valence-corrected chi connectivity index (χ4v) is 8.13. The SMILES string of the molecule is O=S(NC12CCC3(c4nnc5cnc6[nH]ccc6n45)CCC13C2)C1CCC1. The minimum atomic E-state index is -0.888. The van der Waals surface area contributed by atoms with Crippen LogP contribution in [0.5, 0.6) is 0 Å². The zero-order valence-corrected chi connectivity index (χ0v) is 15.9. The van der Waals surface area contributed by atoms with Crippen LogP contribution in [0, 0.1) is 5.41 Å². The van der Waals surface area contributed by atoms with Gasteiger partial charge in [0.2, 0.25) is 0 Å². The van der Waals surface area contributed by atoms with Crippen LogP contribution in [0.3, 0.4) is 0 Å². The summed E-state index contributed by atoms with van der Waals surface area (Å²) in [6.45, 7) is 0. The Kier molecular flexibility index (Phi) is 2.58. The molecule has 0 bridgehead atoms. The standard InChI is InChI=1S/C19H22N6OS/c26-27(12-2-1-3-12)24-19-8-6-17(5-7-18(17,19)11-19)16-23-22-14-10-21-15-13(25(14)16)4-9-20-15/h4,9-10,12,20,24H,1-3,5-8,11H2. The van der Waals surface area contributed by atoms with Crippen LogP contribution in [-0.2, 0) is 16.4 Å². The maximum Gasteiger partial charge on any atom is 0.179 e. The lowest BCUT2D eigenvalue weighted by Gasteiger charge is -2.47. The van der Waals surface area contributed by atoms with Crippen molar-refractivity contribution in [3.05, 3.63) is 24.3 Å². The van der Waals surface area contributed by atoms with Crippen molar-refractivity contribution >= 4 is 27.8 Å². The maximum absolute atomic E-state index is 12.8. The first-order chi connectivity index (χ1) is 13.2. The van der Waals surface area contributed by atoms with E-state index in [1.54, 1.807) is 6.20 Å². The monoisotopic (exact) mass is 382 g/mol. The summed E-state index contributed by atoms with van der Waals surface area (Å²) >= 11 is 0. The predicted octanol–water partition coefficient (Wildman–Crippen LogP) is 2.37. The van der Waals surface area contributed by atoms with Crippen molar-refractivity contribution in [3.8, 4) is 0 Å². The Balaban J connectivity index is 1.33. The molecule has 3 heterocycles. The van der Waals surface area contributed by atoms with E-state index in [0.29, 0.717) is 5.25 Å². The molecule has 2 N–H and O–H groups in total. The lowest BCUT2D eigenvalue weighted by Crippen LogP contribution is -2.50. The van der Waals surface area contributed by atoms with Crippen LogP contribution >= 0.6 is 0 Å². The highest BCUT2D eigenvalue weighted by molar-refractivity contribution is 7.83. The third-order valence-corrected chi connectivity index (χ3v) is 9.96. The molecule has 0 radical (unpaired) electrons. The summed E-state index contributed by atoms with van der Waals surface area (Å²) in [4.78, 5) is 7.65. The zero-order valence-electron chi connectivity index (χ0n) is 15.1. The number of nitrogens with one attached hydrogen (secondary N) is 2. The molecule has 27 heavy (non-hydrogen) atoms. The molecule has 4 unspecified atom stereocenters. The van der Waals surface area contributed by atoms with Gasteiger partial charge in [-0.05, 0) is 51.0 Å².